The van der Waals surface area contributed by atoms with Crippen molar-refractivity contribution in [1.29, 1.82) is 0 Å². The van der Waals surface area contributed by atoms with Crippen molar-refractivity contribution in [2.24, 2.45) is 5.92 Å². The minimum atomic E-state index is -0.144. The highest BCUT2D eigenvalue weighted by Crippen LogP contribution is 2.28. The second-order valence-electron chi connectivity index (χ2n) is 9.85. The van der Waals surface area contributed by atoms with E-state index in [1.165, 1.54) is 0 Å². The van der Waals surface area contributed by atoms with Gasteiger partial charge in [0.25, 0.3) is 5.91 Å². The van der Waals surface area contributed by atoms with Crippen molar-refractivity contribution in [3.63, 3.8) is 0 Å². The number of fused-ring (bicyclic) bond motifs is 1. The highest BCUT2D eigenvalue weighted by molar-refractivity contribution is 5.98. The first-order chi connectivity index (χ1) is 17.8. The Morgan fingerprint density at radius 2 is 1.89 bits per heavy atom. The van der Waals surface area contributed by atoms with Gasteiger partial charge in [-0.3, -0.25) is 14.5 Å². The minimum absolute atomic E-state index is 0.0308. The van der Waals surface area contributed by atoms with Crippen LogP contribution in [-0.4, -0.2) is 74.7 Å². The molecule has 1 N–H and O–H groups in total. The van der Waals surface area contributed by atoms with Crippen LogP contribution in [-0.2, 0) is 16.1 Å². The molecule has 0 radical (unpaired) electrons. The normalized spacial score (nSPS) is 21.3. The van der Waals surface area contributed by atoms with Gasteiger partial charge in [0.1, 0.15) is 18.1 Å². The van der Waals surface area contributed by atoms with E-state index < -0.39 is 0 Å². The quantitative estimate of drug-likeness (QED) is 0.592. The first-order valence-electron chi connectivity index (χ1n) is 13.0. The summed E-state index contributed by atoms with van der Waals surface area (Å²) in [6.07, 6.45) is 1.05. The maximum absolute atomic E-state index is 13.4. The Hall–Kier alpha value is -3.10. The average Bonchev–Trinajstić information content (AvgIpc) is 2.89. The zero-order valence-corrected chi connectivity index (χ0v) is 23.0. The van der Waals surface area contributed by atoms with Crippen molar-refractivity contribution in [2.45, 2.75) is 52.3 Å². The Kier molecular flexibility index (Phi) is 10.3. The van der Waals surface area contributed by atoms with Crippen LogP contribution >= 0.6 is 0 Å². The average molecular weight is 512 g/mol. The molecule has 0 aromatic heterocycles. The van der Waals surface area contributed by atoms with Gasteiger partial charge < -0.3 is 24.4 Å². The van der Waals surface area contributed by atoms with Crippen molar-refractivity contribution in [1.82, 2.24) is 9.80 Å². The number of ether oxygens (including phenoxy) is 3. The highest BCUT2D eigenvalue weighted by Gasteiger charge is 2.29. The van der Waals surface area contributed by atoms with Crippen molar-refractivity contribution in [3.05, 3.63) is 53.6 Å². The minimum Gasteiger partial charge on any atom is -0.496 e. The molecule has 3 rings (SSSR count). The fraction of sp³-hybridized carbons (Fsp3) is 0.517. The Morgan fingerprint density at radius 3 is 2.59 bits per heavy atom. The lowest BCUT2D eigenvalue weighted by atomic mass is 10.0. The van der Waals surface area contributed by atoms with E-state index >= 15 is 0 Å². The van der Waals surface area contributed by atoms with Gasteiger partial charge in [-0.25, -0.2) is 0 Å². The molecule has 0 bridgehead atoms. The van der Waals surface area contributed by atoms with Crippen LogP contribution in [0.3, 0.4) is 0 Å². The molecule has 8 heteroatoms. The fourth-order valence-electron chi connectivity index (χ4n) is 4.65. The summed E-state index contributed by atoms with van der Waals surface area (Å²) in [6.45, 7) is 8.49. The van der Waals surface area contributed by atoms with Gasteiger partial charge in [0, 0.05) is 63.6 Å². The summed E-state index contributed by atoms with van der Waals surface area (Å²) in [6, 6.07) is 13.3. The Balaban J connectivity index is 1.95. The smallest absolute Gasteiger partial charge is 0.257 e. The number of hydrogen-bond donors (Lipinski definition) is 1. The van der Waals surface area contributed by atoms with Crippen LogP contribution in [0.15, 0.2) is 42.5 Å². The van der Waals surface area contributed by atoms with Gasteiger partial charge in [0.05, 0.1) is 18.8 Å². The summed E-state index contributed by atoms with van der Waals surface area (Å²) in [4.78, 5) is 29.6. The van der Waals surface area contributed by atoms with E-state index in [0.717, 1.165) is 24.3 Å². The summed E-state index contributed by atoms with van der Waals surface area (Å²) in [7, 11) is 5.16. The van der Waals surface area contributed by atoms with E-state index in [1.54, 1.807) is 44.4 Å². The number of hydrogen-bond acceptors (Lipinski definition) is 6. The van der Waals surface area contributed by atoms with Gasteiger partial charge in [0.2, 0.25) is 5.91 Å². The molecule has 3 atom stereocenters. The molecule has 2 amide bonds. The molecule has 0 unspecified atom stereocenters. The van der Waals surface area contributed by atoms with E-state index in [-0.39, 0.29) is 29.9 Å². The predicted molar refractivity (Wildman–Crippen MR) is 145 cm³/mol. The Bertz CT molecular complexity index is 1060. The van der Waals surface area contributed by atoms with Crippen LogP contribution in [0.25, 0.3) is 0 Å². The summed E-state index contributed by atoms with van der Waals surface area (Å²) < 4.78 is 17.7. The van der Waals surface area contributed by atoms with Crippen molar-refractivity contribution in [3.8, 4) is 11.5 Å². The third-order valence-corrected chi connectivity index (χ3v) is 6.90. The van der Waals surface area contributed by atoms with Crippen LogP contribution in [0.5, 0.6) is 11.5 Å². The molecule has 0 saturated carbocycles. The molecular formula is C29H41N3O5. The number of rotatable bonds is 7. The molecule has 2 aromatic carbocycles. The largest absolute Gasteiger partial charge is 0.496 e. The number of carbonyl (C=O) groups is 2. The summed E-state index contributed by atoms with van der Waals surface area (Å²) in [5, 5.41) is 2.90. The van der Waals surface area contributed by atoms with E-state index in [2.05, 4.69) is 30.1 Å². The Labute approximate surface area is 220 Å². The van der Waals surface area contributed by atoms with Gasteiger partial charge in [0.15, 0.2) is 0 Å². The molecule has 1 aliphatic rings. The highest BCUT2D eigenvalue weighted by atomic mass is 16.5. The lowest BCUT2D eigenvalue weighted by molar-refractivity contribution is -0.116. The number of para-hydroxylation sites is 1. The molecule has 1 heterocycles. The second kappa shape index (κ2) is 13.4. The van der Waals surface area contributed by atoms with Crippen LogP contribution in [0.2, 0.25) is 0 Å². The van der Waals surface area contributed by atoms with Crippen molar-refractivity contribution in [2.75, 3.05) is 46.3 Å². The summed E-state index contributed by atoms with van der Waals surface area (Å²) in [5.74, 6) is 1.26. The molecule has 37 heavy (non-hydrogen) atoms. The number of amides is 2. The molecule has 1 aliphatic heterocycles. The monoisotopic (exact) mass is 511 g/mol. The number of likely N-dealkylation sites (N-methyl/N-ethyl adjacent to an activating group) is 1. The number of carbonyl (C=O) groups excluding carboxylic acids is 2. The molecule has 0 spiro atoms. The number of anilines is 1. The maximum Gasteiger partial charge on any atom is 0.257 e. The third-order valence-electron chi connectivity index (χ3n) is 6.90. The van der Waals surface area contributed by atoms with Crippen molar-refractivity contribution >= 4 is 17.5 Å². The lowest BCUT2D eigenvalue weighted by Crippen LogP contribution is -2.46. The van der Waals surface area contributed by atoms with E-state index in [0.29, 0.717) is 43.1 Å². The van der Waals surface area contributed by atoms with Crippen LogP contribution < -0.4 is 14.8 Å². The van der Waals surface area contributed by atoms with Gasteiger partial charge >= 0.3 is 0 Å². The summed E-state index contributed by atoms with van der Waals surface area (Å²) in [5.41, 5.74) is 2.17. The zero-order chi connectivity index (χ0) is 26.9. The standard InChI is InChI=1S/C29H41N3O5/c1-7-10-28(33)30-23-13-14-24-26(15-23)37-19-21(3)32(17-22-11-8-9-12-25(22)35-5)16-20(2)27(36-6)18-31(4)29(24)34/h8-9,11-15,20-21,27H,7,10,16-19H2,1-6H3,(H,30,33)/t20-,21-,27-/m1/s1. The number of benzene rings is 2. The first-order valence-corrected chi connectivity index (χ1v) is 13.0. The number of nitrogens with zero attached hydrogens (tertiary/aromatic N) is 2. The summed E-state index contributed by atoms with van der Waals surface area (Å²) >= 11 is 0. The molecule has 8 nitrogen and oxygen atoms in total. The van der Waals surface area contributed by atoms with Gasteiger partial charge in [-0.1, -0.05) is 32.0 Å². The predicted octanol–water partition coefficient (Wildman–Crippen LogP) is 4.44. The fourth-order valence-corrected chi connectivity index (χ4v) is 4.65. The SMILES string of the molecule is CCCC(=O)Nc1ccc2c(c1)OC[C@@H](C)N(Cc1ccccc1OC)C[C@@H](C)[C@H](OC)CN(C)C2=O. The lowest BCUT2D eigenvalue weighted by Gasteiger charge is -2.36. The number of methoxy groups -OCH3 is 2. The van der Waals surface area contributed by atoms with E-state index in [4.69, 9.17) is 14.2 Å². The molecule has 0 aliphatic carbocycles. The van der Waals surface area contributed by atoms with Crippen LogP contribution in [0.1, 0.15) is 49.5 Å². The van der Waals surface area contributed by atoms with Gasteiger partial charge in [-0.15, -0.1) is 0 Å². The zero-order valence-electron chi connectivity index (χ0n) is 23.0. The third kappa shape index (κ3) is 7.46. The van der Waals surface area contributed by atoms with Crippen molar-refractivity contribution < 1.29 is 23.8 Å². The Morgan fingerprint density at radius 1 is 1.14 bits per heavy atom. The van der Waals surface area contributed by atoms with E-state index in [9.17, 15) is 9.59 Å². The van der Waals surface area contributed by atoms with Gasteiger partial charge in [-0.05, 0) is 37.5 Å². The molecule has 0 fully saturated rings. The second-order valence-corrected chi connectivity index (χ2v) is 9.85. The molecule has 2 aromatic rings. The molecular weight excluding hydrogens is 470 g/mol. The first kappa shape index (κ1) is 28.5. The maximum atomic E-state index is 13.4. The topological polar surface area (TPSA) is 80.3 Å². The number of nitrogens with one attached hydrogen (secondary N) is 1. The molecule has 202 valence electrons. The van der Waals surface area contributed by atoms with Crippen LogP contribution in [0, 0.1) is 5.92 Å². The van der Waals surface area contributed by atoms with Crippen LogP contribution in [0.4, 0.5) is 5.69 Å². The van der Waals surface area contributed by atoms with Gasteiger partial charge in [-0.2, -0.15) is 0 Å². The molecule has 0 saturated heterocycles. The van der Waals surface area contributed by atoms with E-state index in [1.807, 2.05) is 25.1 Å².